The van der Waals surface area contributed by atoms with Crippen LogP contribution in [0.25, 0.3) is 0 Å². The van der Waals surface area contributed by atoms with Crippen molar-refractivity contribution in [2.75, 3.05) is 18.4 Å². The molecule has 1 aliphatic rings. The van der Waals surface area contributed by atoms with E-state index in [2.05, 4.69) is 5.32 Å². The summed E-state index contributed by atoms with van der Waals surface area (Å²) in [6.07, 6.45) is 0.997. The molecule has 2 aromatic carbocycles. The van der Waals surface area contributed by atoms with Gasteiger partial charge >= 0.3 is 0 Å². The highest BCUT2D eigenvalue weighted by Crippen LogP contribution is 2.27. The summed E-state index contributed by atoms with van der Waals surface area (Å²) in [7, 11) is -3.69. The van der Waals surface area contributed by atoms with Gasteiger partial charge in [-0.1, -0.05) is 26.0 Å². The van der Waals surface area contributed by atoms with Gasteiger partial charge in [0.05, 0.1) is 10.6 Å². The first-order valence-corrected chi connectivity index (χ1v) is 10.8. The third-order valence-electron chi connectivity index (χ3n) is 4.94. The zero-order valence-electron chi connectivity index (χ0n) is 16.3. The maximum Gasteiger partial charge on any atom is 0.255 e. The summed E-state index contributed by atoms with van der Waals surface area (Å²) in [6, 6.07) is 10.3. The molecule has 1 heterocycles. The molecule has 0 spiro atoms. The first-order valence-electron chi connectivity index (χ1n) is 9.34. The molecule has 2 atom stereocenters. The maximum atomic E-state index is 13.9. The molecule has 3 rings (SSSR count). The van der Waals surface area contributed by atoms with Crippen molar-refractivity contribution in [2.45, 2.75) is 32.1 Å². The number of amides is 1. The van der Waals surface area contributed by atoms with Crippen molar-refractivity contribution >= 4 is 21.6 Å². The minimum absolute atomic E-state index is 0.0666. The molecule has 2 aromatic rings. The van der Waals surface area contributed by atoms with Crippen LogP contribution in [-0.2, 0) is 10.0 Å². The van der Waals surface area contributed by atoms with E-state index in [-0.39, 0.29) is 28.0 Å². The normalized spacial score (nSPS) is 20.7. The minimum Gasteiger partial charge on any atom is -0.319 e. The molecule has 1 saturated heterocycles. The van der Waals surface area contributed by atoms with Gasteiger partial charge in [-0.2, -0.15) is 4.31 Å². The van der Waals surface area contributed by atoms with E-state index in [4.69, 9.17) is 0 Å². The van der Waals surface area contributed by atoms with E-state index in [1.54, 1.807) is 13.0 Å². The fourth-order valence-corrected chi connectivity index (χ4v) is 5.40. The van der Waals surface area contributed by atoms with Crippen LogP contribution in [0.1, 0.15) is 36.2 Å². The number of nitrogens with zero attached hydrogens (tertiary/aromatic N) is 1. The maximum absolute atomic E-state index is 13.9. The van der Waals surface area contributed by atoms with Crippen LogP contribution in [0.3, 0.4) is 0 Å². The molecule has 2 unspecified atom stereocenters. The van der Waals surface area contributed by atoms with E-state index < -0.39 is 21.7 Å². The molecule has 150 valence electrons. The van der Waals surface area contributed by atoms with Gasteiger partial charge in [-0.3, -0.25) is 4.79 Å². The molecule has 1 fully saturated rings. The molecular formula is C21H25FN2O3S. The van der Waals surface area contributed by atoms with Crippen molar-refractivity contribution in [3.63, 3.8) is 0 Å². The quantitative estimate of drug-likeness (QED) is 0.836. The average molecular weight is 405 g/mol. The summed E-state index contributed by atoms with van der Waals surface area (Å²) >= 11 is 0. The van der Waals surface area contributed by atoms with Crippen LogP contribution in [0.2, 0.25) is 0 Å². The van der Waals surface area contributed by atoms with Crippen LogP contribution >= 0.6 is 0 Å². The molecule has 5 nitrogen and oxygen atoms in total. The highest BCUT2D eigenvalue weighted by Gasteiger charge is 2.32. The predicted molar refractivity (Wildman–Crippen MR) is 107 cm³/mol. The first kappa shape index (κ1) is 20.5. The van der Waals surface area contributed by atoms with Gasteiger partial charge in [0.15, 0.2) is 0 Å². The Kier molecular flexibility index (Phi) is 5.86. The molecule has 0 saturated carbocycles. The van der Waals surface area contributed by atoms with Crippen LogP contribution < -0.4 is 5.32 Å². The fourth-order valence-electron chi connectivity index (χ4n) is 3.68. The zero-order valence-corrected chi connectivity index (χ0v) is 17.1. The van der Waals surface area contributed by atoms with Gasteiger partial charge < -0.3 is 5.32 Å². The first-order chi connectivity index (χ1) is 13.2. The summed E-state index contributed by atoms with van der Waals surface area (Å²) in [6.45, 7) is 6.81. The van der Waals surface area contributed by atoms with Crippen molar-refractivity contribution in [3.05, 3.63) is 59.4 Å². The van der Waals surface area contributed by atoms with Crippen molar-refractivity contribution in [3.8, 4) is 0 Å². The second-order valence-electron chi connectivity index (χ2n) is 7.73. The summed E-state index contributed by atoms with van der Waals surface area (Å²) in [5.74, 6) is -0.524. The minimum atomic E-state index is -3.69. The highest BCUT2D eigenvalue weighted by atomic mass is 32.2. The zero-order chi connectivity index (χ0) is 20.5. The summed E-state index contributed by atoms with van der Waals surface area (Å²) in [4.78, 5) is 12.6. The molecule has 0 bridgehead atoms. The number of hydrogen-bond donors (Lipinski definition) is 1. The Morgan fingerprint density at radius 3 is 2.46 bits per heavy atom. The smallest absolute Gasteiger partial charge is 0.255 e. The number of carbonyl (C=O) groups excluding carboxylic acids is 1. The van der Waals surface area contributed by atoms with Crippen molar-refractivity contribution in [1.29, 1.82) is 0 Å². The Hall–Kier alpha value is -2.25. The number of piperidine rings is 1. The Bertz CT molecular complexity index is 981. The lowest BCUT2D eigenvalue weighted by Gasteiger charge is -2.34. The number of rotatable bonds is 4. The molecular weight excluding hydrogens is 379 g/mol. The van der Waals surface area contributed by atoms with Crippen LogP contribution in [0.5, 0.6) is 0 Å². The fraction of sp³-hybridized carbons (Fsp3) is 0.381. The van der Waals surface area contributed by atoms with E-state index in [0.29, 0.717) is 13.1 Å². The molecule has 7 heteroatoms. The molecule has 1 aliphatic heterocycles. The second kappa shape index (κ2) is 8.01. The highest BCUT2D eigenvalue weighted by molar-refractivity contribution is 7.89. The van der Waals surface area contributed by atoms with E-state index in [9.17, 15) is 17.6 Å². The van der Waals surface area contributed by atoms with E-state index in [0.717, 1.165) is 12.0 Å². The SMILES string of the molecule is Cc1ccc(F)c(NC(=O)c2cccc(S(=O)(=O)N3CC(C)CC(C)C3)c2)c1. The lowest BCUT2D eigenvalue weighted by Crippen LogP contribution is -2.42. The molecule has 1 amide bonds. The summed E-state index contributed by atoms with van der Waals surface area (Å²) in [5.41, 5.74) is 1.04. The van der Waals surface area contributed by atoms with Crippen LogP contribution in [0, 0.1) is 24.6 Å². The van der Waals surface area contributed by atoms with Crippen LogP contribution in [-0.4, -0.2) is 31.7 Å². The van der Waals surface area contributed by atoms with Gasteiger partial charge in [0.25, 0.3) is 5.91 Å². The van der Waals surface area contributed by atoms with Crippen molar-refractivity contribution in [2.24, 2.45) is 11.8 Å². The standard InChI is InChI=1S/C21H25FN2O3S/c1-14-7-8-19(22)20(10-14)23-21(25)17-5-4-6-18(11-17)28(26,27)24-12-15(2)9-16(3)13-24/h4-8,10-11,15-16H,9,12-13H2,1-3H3,(H,23,25). The number of sulfonamides is 1. The number of nitrogens with one attached hydrogen (secondary N) is 1. The van der Waals surface area contributed by atoms with Crippen LogP contribution in [0.4, 0.5) is 10.1 Å². The lowest BCUT2D eigenvalue weighted by molar-refractivity contribution is 0.102. The number of halogens is 1. The van der Waals surface area contributed by atoms with Crippen LogP contribution in [0.15, 0.2) is 47.4 Å². The third kappa shape index (κ3) is 4.42. The number of aryl methyl sites for hydroxylation is 1. The molecule has 0 aromatic heterocycles. The second-order valence-corrected chi connectivity index (χ2v) is 9.67. The molecule has 28 heavy (non-hydrogen) atoms. The lowest BCUT2D eigenvalue weighted by atomic mass is 9.94. The Labute approximate surface area is 165 Å². The van der Waals surface area contributed by atoms with E-state index in [1.807, 2.05) is 13.8 Å². The number of anilines is 1. The monoisotopic (exact) mass is 404 g/mol. The van der Waals surface area contributed by atoms with E-state index in [1.165, 1.54) is 40.7 Å². The van der Waals surface area contributed by atoms with Gasteiger partial charge in [0.1, 0.15) is 5.82 Å². The van der Waals surface area contributed by atoms with Gasteiger partial charge in [0.2, 0.25) is 10.0 Å². The Morgan fingerprint density at radius 1 is 1.11 bits per heavy atom. The Balaban J connectivity index is 1.85. The van der Waals surface area contributed by atoms with Gasteiger partial charge in [-0.15, -0.1) is 0 Å². The van der Waals surface area contributed by atoms with Gasteiger partial charge in [-0.05, 0) is 61.1 Å². The summed E-state index contributed by atoms with van der Waals surface area (Å²) in [5, 5.41) is 2.52. The largest absolute Gasteiger partial charge is 0.319 e. The Morgan fingerprint density at radius 2 is 1.79 bits per heavy atom. The topological polar surface area (TPSA) is 66.5 Å². The predicted octanol–water partition coefficient (Wildman–Crippen LogP) is 4.05. The number of carbonyl (C=O) groups is 1. The van der Waals surface area contributed by atoms with Gasteiger partial charge in [0, 0.05) is 18.7 Å². The van der Waals surface area contributed by atoms with Crippen molar-refractivity contribution < 1.29 is 17.6 Å². The summed E-state index contributed by atoms with van der Waals surface area (Å²) < 4.78 is 41.5. The third-order valence-corrected chi connectivity index (χ3v) is 6.77. The van der Waals surface area contributed by atoms with Crippen molar-refractivity contribution in [1.82, 2.24) is 4.31 Å². The number of hydrogen-bond acceptors (Lipinski definition) is 3. The molecule has 0 radical (unpaired) electrons. The number of benzene rings is 2. The van der Waals surface area contributed by atoms with E-state index >= 15 is 0 Å². The average Bonchev–Trinajstić information content (AvgIpc) is 2.64. The van der Waals surface area contributed by atoms with Gasteiger partial charge in [-0.25, -0.2) is 12.8 Å². The molecule has 1 N–H and O–H groups in total. The molecule has 0 aliphatic carbocycles.